The largest absolute Gasteiger partial charge is 0.480 e. The second kappa shape index (κ2) is 9.86. The number of amides is 1. The van der Waals surface area contributed by atoms with E-state index >= 15 is 0 Å². The average molecular weight is 340 g/mol. The smallest absolute Gasteiger partial charge is 0.327 e. The van der Waals surface area contributed by atoms with Crippen molar-refractivity contribution in [3.05, 3.63) is 35.9 Å². The summed E-state index contributed by atoms with van der Waals surface area (Å²) in [6, 6.07) is 7.43. The molecule has 2 unspecified atom stereocenters. The van der Waals surface area contributed by atoms with E-state index in [-0.39, 0.29) is 18.6 Å². The monoisotopic (exact) mass is 340 g/mol. The van der Waals surface area contributed by atoms with Crippen molar-refractivity contribution >= 4 is 29.6 Å². The molecule has 1 aromatic carbocycles. The van der Waals surface area contributed by atoms with Crippen LogP contribution in [0.5, 0.6) is 0 Å². The standard InChI is InChI=1S/C15H20N2O5S/c16-11(14(19)20)6-7-13(18)17-12(15(21)22)9-23-8-10-4-2-1-3-5-10/h1-5,11-12H,6-9,16H2,(H,17,18)(H,19,20)(H,21,22). The normalized spacial score (nSPS) is 13.1. The summed E-state index contributed by atoms with van der Waals surface area (Å²) < 4.78 is 0. The third kappa shape index (κ3) is 7.66. The lowest BCUT2D eigenvalue weighted by Crippen LogP contribution is -2.43. The molecular formula is C15H20N2O5S. The van der Waals surface area contributed by atoms with Crippen molar-refractivity contribution in [3.63, 3.8) is 0 Å². The average Bonchev–Trinajstić information content (AvgIpc) is 2.52. The number of rotatable bonds is 10. The summed E-state index contributed by atoms with van der Waals surface area (Å²) in [5.41, 5.74) is 6.37. The van der Waals surface area contributed by atoms with Crippen LogP contribution in [0.25, 0.3) is 0 Å². The van der Waals surface area contributed by atoms with E-state index in [1.807, 2.05) is 30.3 Å². The Labute approximate surface area is 138 Å². The van der Waals surface area contributed by atoms with Gasteiger partial charge in [-0.1, -0.05) is 30.3 Å². The van der Waals surface area contributed by atoms with Gasteiger partial charge in [0.15, 0.2) is 0 Å². The maximum absolute atomic E-state index is 11.7. The van der Waals surface area contributed by atoms with E-state index in [1.54, 1.807) is 0 Å². The molecule has 1 amide bonds. The van der Waals surface area contributed by atoms with Crippen molar-refractivity contribution in [2.24, 2.45) is 5.73 Å². The summed E-state index contributed by atoms with van der Waals surface area (Å²) in [5.74, 6) is -1.97. The first-order valence-corrected chi connectivity index (χ1v) is 8.18. The topological polar surface area (TPSA) is 130 Å². The SMILES string of the molecule is NC(CCC(=O)NC(CSCc1ccccc1)C(=O)O)C(=O)O. The minimum Gasteiger partial charge on any atom is -0.480 e. The third-order valence-corrected chi connectivity index (χ3v) is 4.14. The molecule has 0 fully saturated rings. The van der Waals surface area contributed by atoms with Crippen molar-refractivity contribution < 1.29 is 24.6 Å². The van der Waals surface area contributed by atoms with Gasteiger partial charge in [0.2, 0.25) is 5.91 Å². The maximum Gasteiger partial charge on any atom is 0.327 e. The number of hydrogen-bond donors (Lipinski definition) is 4. The number of carbonyl (C=O) groups is 3. The Hall–Kier alpha value is -2.06. The Morgan fingerprint density at radius 3 is 2.35 bits per heavy atom. The summed E-state index contributed by atoms with van der Waals surface area (Å²) in [6.07, 6.45) is -0.161. The van der Waals surface area contributed by atoms with Gasteiger partial charge in [0.1, 0.15) is 12.1 Å². The fourth-order valence-electron chi connectivity index (χ4n) is 1.72. The number of carboxylic acid groups (broad SMARTS) is 2. The number of carbonyl (C=O) groups excluding carboxylic acids is 1. The third-order valence-electron chi connectivity index (χ3n) is 3.03. The van der Waals surface area contributed by atoms with Gasteiger partial charge in [-0.05, 0) is 12.0 Å². The predicted octanol–water partition coefficient (Wildman–Crippen LogP) is 0.681. The van der Waals surface area contributed by atoms with Crippen molar-refractivity contribution in [2.75, 3.05) is 5.75 Å². The van der Waals surface area contributed by atoms with Crippen molar-refractivity contribution in [2.45, 2.75) is 30.7 Å². The molecule has 1 rings (SSSR count). The van der Waals surface area contributed by atoms with Gasteiger partial charge < -0.3 is 21.3 Å². The Bertz CT molecular complexity index is 538. The Balaban J connectivity index is 2.38. The van der Waals surface area contributed by atoms with Crippen LogP contribution < -0.4 is 11.1 Å². The summed E-state index contributed by atoms with van der Waals surface area (Å²) in [5, 5.41) is 20.2. The highest BCUT2D eigenvalue weighted by molar-refractivity contribution is 7.98. The molecule has 0 aliphatic carbocycles. The van der Waals surface area contributed by atoms with E-state index in [0.717, 1.165) is 5.56 Å². The number of nitrogens with one attached hydrogen (secondary N) is 1. The predicted molar refractivity (Wildman–Crippen MR) is 87.0 cm³/mol. The van der Waals surface area contributed by atoms with E-state index in [2.05, 4.69) is 5.32 Å². The van der Waals surface area contributed by atoms with Gasteiger partial charge in [0, 0.05) is 17.9 Å². The molecule has 0 saturated heterocycles. The van der Waals surface area contributed by atoms with E-state index < -0.39 is 29.9 Å². The van der Waals surface area contributed by atoms with Crippen LogP contribution in [0.1, 0.15) is 18.4 Å². The molecule has 8 heteroatoms. The van der Waals surface area contributed by atoms with Crippen LogP contribution in [-0.2, 0) is 20.1 Å². The zero-order chi connectivity index (χ0) is 17.2. The van der Waals surface area contributed by atoms with E-state index in [9.17, 15) is 14.4 Å². The molecule has 0 aromatic heterocycles. The van der Waals surface area contributed by atoms with E-state index in [1.165, 1.54) is 11.8 Å². The summed E-state index contributed by atoms with van der Waals surface area (Å²) in [4.78, 5) is 33.4. The minimum atomic E-state index is -1.19. The first-order valence-electron chi connectivity index (χ1n) is 7.02. The Morgan fingerprint density at radius 2 is 1.78 bits per heavy atom. The fourth-order valence-corrected chi connectivity index (χ4v) is 2.73. The van der Waals surface area contributed by atoms with Gasteiger partial charge in [0.05, 0.1) is 0 Å². The first kappa shape index (κ1) is 19.0. The Morgan fingerprint density at radius 1 is 1.13 bits per heavy atom. The molecule has 0 spiro atoms. The van der Waals surface area contributed by atoms with Crippen LogP contribution in [0.3, 0.4) is 0 Å². The molecule has 23 heavy (non-hydrogen) atoms. The van der Waals surface area contributed by atoms with Gasteiger partial charge in [-0.2, -0.15) is 11.8 Å². The molecule has 1 aromatic rings. The molecule has 5 N–H and O–H groups in total. The van der Waals surface area contributed by atoms with Crippen LogP contribution in [0.4, 0.5) is 0 Å². The molecule has 2 atom stereocenters. The second-order valence-corrected chi connectivity index (χ2v) is 5.97. The quantitative estimate of drug-likeness (QED) is 0.493. The molecule has 0 bridgehead atoms. The number of benzene rings is 1. The van der Waals surface area contributed by atoms with Crippen LogP contribution in [0.2, 0.25) is 0 Å². The summed E-state index contributed by atoms with van der Waals surface area (Å²) in [6.45, 7) is 0. The molecular weight excluding hydrogens is 320 g/mol. The molecule has 0 aliphatic rings. The van der Waals surface area contributed by atoms with Crippen LogP contribution in [0, 0.1) is 0 Å². The number of nitrogens with two attached hydrogens (primary N) is 1. The lowest BCUT2D eigenvalue weighted by atomic mass is 10.1. The van der Waals surface area contributed by atoms with Gasteiger partial charge in [-0.3, -0.25) is 9.59 Å². The van der Waals surface area contributed by atoms with Gasteiger partial charge in [-0.15, -0.1) is 0 Å². The van der Waals surface area contributed by atoms with Crippen LogP contribution >= 0.6 is 11.8 Å². The van der Waals surface area contributed by atoms with Crippen LogP contribution in [0.15, 0.2) is 30.3 Å². The highest BCUT2D eigenvalue weighted by Gasteiger charge is 2.21. The van der Waals surface area contributed by atoms with Gasteiger partial charge >= 0.3 is 11.9 Å². The van der Waals surface area contributed by atoms with E-state index in [4.69, 9.17) is 15.9 Å². The zero-order valence-corrected chi connectivity index (χ0v) is 13.3. The number of thioether (sulfide) groups is 1. The Kier molecular flexibility index (Phi) is 8.14. The lowest BCUT2D eigenvalue weighted by Gasteiger charge is -2.15. The summed E-state index contributed by atoms with van der Waals surface area (Å²) in [7, 11) is 0. The molecule has 7 nitrogen and oxygen atoms in total. The summed E-state index contributed by atoms with van der Waals surface area (Å²) >= 11 is 1.40. The van der Waals surface area contributed by atoms with Crippen molar-refractivity contribution in [1.82, 2.24) is 5.32 Å². The van der Waals surface area contributed by atoms with Gasteiger partial charge in [0.25, 0.3) is 0 Å². The van der Waals surface area contributed by atoms with Crippen LogP contribution in [-0.4, -0.2) is 45.9 Å². The molecule has 0 heterocycles. The number of carboxylic acids is 2. The zero-order valence-electron chi connectivity index (χ0n) is 12.5. The van der Waals surface area contributed by atoms with Gasteiger partial charge in [-0.25, -0.2) is 4.79 Å². The minimum absolute atomic E-state index is 0.0370. The second-order valence-electron chi connectivity index (χ2n) is 4.94. The highest BCUT2D eigenvalue weighted by Crippen LogP contribution is 2.13. The van der Waals surface area contributed by atoms with E-state index in [0.29, 0.717) is 5.75 Å². The molecule has 0 saturated carbocycles. The van der Waals surface area contributed by atoms with Crippen molar-refractivity contribution in [3.8, 4) is 0 Å². The van der Waals surface area contributed by atoms with Crippen molar-refractivity contribution in [1.29, 1.82) is 0 Å². The molecule has 0 radical (unpaired) electrons. The molecule has 0 aliphatic heterocycles. The lowest BCUT2D eigenvalue weighted by molar-refractivity contribution is -0.141. The number of aliphatic carboxylic acids is 2. The highest BCUT2D eigenvalue weighted by atomic mass is 32.2. The first-order chi connectivity index (χ1) is 10.9. The fraction of sp³-hybridized carbons (Fsp3) is 0.400. The maximum atomic E-state index is 11.7. The molecule has 126 valence electrons. The number of hydrogen-bond acceptors (Lipinski definition) is 5.